The molecule has 5 aliphatic rings. The Balaban J connectivity index is 1.65. The summed E-state index contributed by atoms with van der Waals surface area (Å²) in [5, 5.41) is 22.1. The topological polar surface area (TPSA) is 93.1 Å². The van der Waals surface area contributed by atoms with Gasteiger partial charge in [0.15, 0.2) is 23.4 Å². The molecule has 0 aromatic heterocycles. The highest BCUT2D eigenvalue weighted by atomic mass is 16.7. The molecule has 6 heteroatoms. The van der Waals surface area contributed by atoms with E-state index in [1.807, 2.05) is 0 Å². The lowest BCUT2D eigenvalue weighted by atomic mass is 9.46. The van der Waals surface area contributed by atoms with Crippen LogP contribution in [0, 0.1) is 28.6 Å². The number of Topliss-reactive ketones (excluding diaryl/α,β-unsaturated/α-hetero) is 1. The summed E-state index contributed by atoms with van der Waals surface area (Å²) in [7, 11) is 0. The van der Waals surface area contributed by atoms with Crippen LogP contribution in [0.3, 0.4) is 0 Å². The molecule has 3 saturated carbocycles. The molecule has 4 aliphatic carbocycles. The summed E-state index contributed by atoms with van der Waals surface area (Å²) in [5.41, 5.74) is -5.12. The number of rotatable bonds is 4. The summed E-state index contributed by atoms with van der Waals surface area (Å²) in [6.07, 6.45) is -13.0. The number of ketones is 2. The largest absolute Gasteiger partial charge is 0.393 e. The van der Waals surface area contributed by atoms with Crippen molar-refractivity contribution in [3.63, 3.8) is 0 Å². The molecule has 1 saturated heterocycles. The van der Waals surface area contributed by atoms with Crippen LogP contribution in [-0.4, -0.2) is 52.4 Å². The zero-order valence-corrected chi connectivity index (χ0v) is 17.3. The van der Waals surface area contributed by atoms with E-state index in [9.17, 15) is 19.8 Å². The Hall–Kier alpha value is -1.34. The number of fused-ring (bicyclic) bond motifs is 7. The molecule has 0 spiro atoms. The minimum Gasteiger partial charge on any atom is -0.393 e. The minimum atomic E-state index is -3.76. The number of ether oxygens (including phenoxy) is 2. The maximum Gasteiger partial charge on any atom is 0.193 e. The molecule has 0 aromatic rings. The standard InChI is InChI=1S/C25H34O6/c1-4-5-21-30-20-11-17-16-7-6-14-10-15(27)8-9-23(14,2)22(16)18(28)12-24(17,3)25(20,31-21)19(29)13-26/h8-10,16-18,20-22,26,28H,4-7,11-13H2,1-3H3/t16-,17-,18-,20+,21?,22+,23-,24-,25+/m0/s1/i1D3,4D2,5D2,9D,10D,13D2,21D. The van der Waals surface area contributed by atoms with Gasteiger partial charge in [0.25, 0.3) is 0 Å². The van der Waals surface area contributed by atoms with Crippen LogP contribution in [0.1, 0.15) is 75.6 Å². The first-order chi connectivity index (χ1) is 19.3. The van der Waals surface area contributed by atoms with Gasteiger partial charge in [-0.25, -0.2) is 0 Å². The molecule has 31 heavy (non-hydrogen) atoms. The van der Waals surface area contributed by atoms with Crippen LogP contribution in [0.4, 0.5) is 0 Å². The van der Waals surface area contributed by atoms with Gasteiger partial charge in [0, 0.05) is 26.3 Å². The number of aliphatic hydroxyl groups excluding tert-OH is 1. The molecule has 9 atom stereocenters. The van der Waals surface area contributed by atoms with Crippen LogP contribution in [0.2, 0.25) is 0 Å². The molecule has 0 amide bonds. The van der Waals surface area contributed by atoms with Gasteiger partial charge in [0.05, 0.1) is 19.1 Å². The average molecular weight is 443 g/mol. The van der Waals surface area contributed by atoms with Crippen molar-refractivity contribution >= 4 is 11.6 Å². The second-order valence-electron chi connectivity index (χ2n) is 9.64. The lowest BCUT2D eigenvalue weighted by Crippen LogP contribution is -2.63. The van der Waals surface area contributed by atoms with Crippen molar-refractivity contribution in [1.82, 2.24) is 0 Å². The SMILES string of the molecule is [2H]C1=CC(=O)C([2H])=C2CC[C@@H]3[C@H]([C@@H](O)C[C@@]4(C)[C@H]3C[C@H]3OC([2H])(C([2H])([2H])C([2H])([2H])C([2H])([2H])[2H])O[C@]34C(=O)C([2H])([2H])O)[C@@]12C. The number of aliphatic hydroxyl groups is 2. The van der Waals surface area contributed by atoms with Gasteiger partial charge in [-0.2, -0.15) is 0 Å². The zero-order valence-electron chi connectivity index (χ0n) is 29.3. The van der Waals surface area contributed by atoms with Crippen molar-refractivity contribution < 1.29 is 45.7 Å². The number of hydrogen-bond donors (Lipinski definition) is 2. The normalized spacial score (nSPS) is 60.8. The quantitative estimate of drug-likeness (QED) is 0.695. The first-order valence-corrected chi connectivity index (χ1v) is 10.5. The van der Waals surface area contributed by atoms with Crippen LogP contribution < -0.4 is 0 Å². The lowest BCUT2D eigenvalue weighted by molar-refractivity contribution is -0.200. The average Bonchev–Trinajstić information content (AvgIpc) is 3.29. The molecular weight excluding hydrogens is 396 g/mol. The molecule has 0 bridgehead atoms. The van der Waals surface area contributed by atoms with Crippen LogP contribution in [0.15, 0.2) is 23.8 Å². The smallest absolute Gasteiger partial charge is 0.193 e. The number of allylic oxidation sites excluding steroid dienone is 4. The third kappa shape index (κ3) is 2.65. The Kier molecular flexibility index (Phi) is 2.67. The maximum atomic E-state index is 13.8. The monoisotopic (exact) mass is 442 g/mol. The predicted octanol–water partition coefficient (Wildman–Crippen LogP) is 2.72. The molecule has 2 N–H and O–H groups in total. The fraction of sp³-hybridized carbons (Fsp3) is 0.760. The number of carbonyl (C=O) groups excluding carboxylic acids is 2. The van der Waals surface area contributed by atoms with E-state index >= 15 is 0 Å². The van der Waals surface area contributed by atoms with E-state index in [-0.39, 0.29) is 37.8 Å². The van der Waals surface area contributed by atoms with Crippen molar-refractivity contribution in [3.05, 3.63) is 23.8 Å². The fourth-order valence-electron chi connectivity index (χ4n) is 7.34. The Morgan fingerprint density at radius 3 is 3.03 bits per heavy atom. The van der Waals surface area contributed by atoms with Crippen molar-refractivity contribution in [2.24, 2.45) is 28.6 Å². The van der Waals surface area contributed by atoms with E-state index in [0.29, 0.717) is 5.57 Å². The summed E-state index contributed by atoms with van der Waals surface area (Å²) >= 11 is 0. The van der Waals surface area contributed by atoms with E-state index in [2.05, 4.69) is 0 Å². The highest BCUT2D eigenvalue weighted by Crippen LogP contribution is 2.69. The Morgan fingerprint density at radius 2 is 2.29 bits per heavy atom. The van der Waals surface area contributed by atoms with Crippen LogP contribution in [0.5, 0.6) is 0 Å². The van der Waals surface area contributed by atoms with Gasteiger partial charge < -0.3 is 19.7 Å². The van der Waals surface area contributed by atoms with E-state index in [0.717, 1.165) is 6.08 Å². The Labute approximate surface area is 200 Å². The van der Waals surface area contributed by atoms with Crippen LogP contribution in [-0.2, 0) is 19.1 Å². The van der Waals surface area contributed by atoms with Gasteiger partial charge in [-0.15, -0.1) is 0 Å². The molecule has 4 fully saturated rings. The van der Waals surface area contributed by atoms with Gasteiger partial charge in [-0.1, -0.05) is 38.7 Å². The van der Waals surface area contributed by atoms with Crippen LogP contribution in [0.25, 0.3) is 0 Å². The maximum absolute atomic E-state index is 13.8. The van der Waals surface area contributed by atoms with E-state index < -0.39 is 90.4 Å². The second-order valence-corrected chi connectivity index (χ2v) is 9.64. The second kappa shape index (κ2) is 7.08. The molecular formula is C25H34O6. The zero-order chi connectivity index (χ0) is 32.7. The summed E-state index contributed by atoms with van der Waals surface area (Å²) in [4.78, 5) is 26.2. The molecule has 1 aliphatic heterocycles. The van der Waals surface area contributed by atoms with Gasteiger partial charge in [-0.3, -0.25) is 9.59 Å². The number of hydrogen-bond acceptors (Lipinski definition) is 6. The van der Waals surface area contributed by atoms with E-state index in [4.69, 9.17) is 25.9 Å². The molecule has 1 heterocycles. The summed E-state index contributed by atoms with van der Waals surface area (Å²) in [6, 6.07) is -0.341. The van der Waals surface area contributed by atoms with E-state index in [1.54, 1.807) is 6.92 Å². The van der Waals surface area contributed by atoms with Gasteiger partial charge in [0.2, 0.25) is 0 Å². The summed E-state index contributed by atoms with van der Waals surface area (Å²) in [5.74, 6) is -4.20. The molecule has 0 aromatic carbocycles. The first kappa shape index (κ1) is 11.7. The molecule has 5 rings (SSSR count). The van der Waals surface area contributed by atoms with E-state index in [1.165, 1.54) is 6.92 Å². The fourth-order valence-corrected chi connectivity index (χ4v) is 7.34. The van der Waals surface area contributed by atoms with Gasteiger partial charge >= 0.3 is 0 Å². The Morgan fingerprint density at radius 1 is 1.48 bits per heavy atom. The summed E-state index contributed by atoms with van der Waals surface area (Å²) in [6.45, 7) is -4.10. The van der Waals surface area contributed by atoms with Gasteiger partial charge in [-0.05, 0) is 56.0 Å². The first-order valence-electron chi connectivity index (χ1n) is 16.5. The lowest BCUT2D eigenvalue weighted by Gasteiger charge is -2.59. The summed E-state index contributed by atoms with van der Waals surface area (Å²) < 4.78 is 109. The molecule has 170 valence electrons. The van der Waals surface area contributed by atoms with Crippen molar-refractivity contribution in [2.45, 2.75) is 83.2 Å². The van der Waals surface area contributed by atoms with Gasteiger partial charge in [0.1, 0.15) is 6.56 Å². The highest BCUT2D eigenvalue weighted by Gasteiger charge is 2.75. The van der Waals surface area contributed by atoms with Crippen molar-refractivity contribution in [2.75, 3.05) is 6.56 Å². The highest BCUT2D eigenvalue weighted by molar-refractivity contribution is 6.01. The van der Waals surface area contributed by atoms with Crippen LogP contribution >= 0.6 is 0 Å². The van der Waals surface area contributed by atoms with Crippen molar-refractivity contribution in [3.8, 4) is 0 Å². The molecule has 0 radical (unpaired) electrons. The number of carbonyl (C=O) groups is 2. The predicted molar refractivity (Wildman–Crippen MR) is 113 cm³/mol. The minimum absolute atomic E-state index is 0.0886. The third-order valence-corrected chi connectivity index (χ3v) is 8.52. The Bertz CT molecular complexity index is 1340. The molecule has 6 nitrogen and oxygen atoms in total. The van der Waals surface area contributed by atoms with Crippen molar-refractivity contribution in [1.29, 1.82) is 0 Å². The third-order valence-electron chi connectivity index (χ3n) is 8.52. The molecule has 1 unspecified atom stereocenters.